The lowest BCUT2D eigenvalue weighted by atomic mass is 10.2. The SMILES string of the molecule is CN(C(=O)c1sc2ccc(Cl)cc2c1N)C1CCCC1. The molecule has 3 rings (SSSR count). The zero-order chi connectivity index (χ0) is 14.3. The van der Waals surface area contributed by atoms with Gasteiger partial charge in [0.15, 0.2) is 0 Å². The van der Waals surface area contributed by atoms with E-state index in [1.807, 2.05) is 30.1 Å². The fourth-order valence-electron chi connectivity index (χ4n) is 2.87. The molecule has 20 heavy (non-hydrogen) atoms. The van der Waals surface area contributed by atoms with Gasteiger partial charge in [0.05, 0.1) is 5.69 Å². The number of nitrogens with zero attached hydrogens (tertiary/aromatic N) is 1. The van der Waals surface area contributed by atoms with Crippen molar-refractivity contribution in [2.24, 2.45) is 0 Å². The number of fused-ring (bicyclic) bond motifs is 1. The highest BCUT2D eigenvalue weighted by Gasteiger charge is 2.27. The molecule has 0 unspecified atom stereocenters. The van der Waals surface area contributed by atoms with Crippen LogP contribution >= 0.6 is 22.9 Å². The first-order valence-electron chi connectivity index (χ1n) is 6.82. The van der Waals surface area contributed by atoms with Gasteiger partial charge in [0, 0.05) is 28.2 Å². The molecule has 0 atom stereocenters. The summed E-state index contributed by atoms with van der Waals surface area (Å²) in [6, 6.07) is 5.94. The van der Waals surface area contributed by atoms with Crippen molar-refractivity contribution in [1.29, 1.82) is 0 Å². The summed E-state index contributed by atoms with van der Waals surface area (Å²) in [6.07, 6.45) is 4.61. The monoisotopic (exact) mass is 308 g/mol. The van der Waals surface area contributed by atoms with Gasteiger partial charge in [-0.1, -0.05) is 24.4 Å². The molecule has 1 aliphatic rings. The van der Waals surface area contributed by atoms with Gasteiger partial charge in [-0.15, -0.1) is 11.3 Å². The Morgan fingerprint density at radius 1 is 1.40 bits per heavy atom. The lowest BCUT2D eigenvalue weighted by molar-refractivity contribution is 0.0741. The second-order valence-corrected chi connectivity index (χ2v) is 6.83. The molecular weight excluding hydrogens is 292 g/mol. The third-order valence-electron chi connectivity index (χ3n) is 4.08. The van der Waals surface area contributed by atoms with E-state index in [0.29, 0.717) is 21.6 Å². The summed E-state index contributed by atoms with van der Waals surface area (Å²) >= 11 is 7.45. The van der Waals surface area contributed by atoms with Gasteiger partial charge >= 0.3 is 0 Å². The zero-order valence-electron chi connectivity index (χ0n) is 11.4. The van der Waals surface area contributed by atoms with E-state index in [0.717, 1.165) is 22.9 Å². The molecule has 2 aromatic rings. The average Bonchev–Trinajstić information content (AvgIpc) is 3.06. The Morgan fingerprint density at radius 3 is 2.80 bits per heavy atom. The first kappa shape index (κ1) is 13.7. The van der Waals surface area contributed by atoms with Crippen LogP contribution in [0.25, 0.3) is 10.1 Å². The van der Waals surface area contributed by atoms with Crippen LogP contribution in [0.3, 0.4) is 0 Å². The second kappa shape index (κ2) is 5.26. The number of amides is 1. The fraction of sp³-hybridized carbons (Fsp3) is 0.400. The summed E-state index contributed by atoms with van der Waals surface area (Å²) in [5.74, 6) is 0.0340. The number of nitrogen functional groups attached to an aromatic ring is 1. The number of halogens is 1. The van der Waals surface area contributed by atoms with Crippen LogP contribution in [0.15, 0.2) is 18.2 Å². The molecule has 1 fully saturated rings. The summed E-state index contributed by atoms with van der Waals surface area (Å²) in [5.41, 5.74) is 6.71. The minimum absolute atomic E-state index is 0.0340. The van der Waals surface area contributed by atoms with Crippen molar-refractivity contribution in [1.82, 2.24) is 4.90 Å². The van der Waals surface area contributed by atoms with E-state index in [4.69, 9.17) is 17.3 Å². The minimum Gasteiger partial charge on any atom is -0.397 e. The summed E-state index contributed by atoms with van der Waals surface area (Å²) < 4.78 is 1.01. The number of carbonyl (C=O) groups is 1. The summed E-state index contributed by atoms with van der Waals surface area (Å²) in [6.45, 7) is 0. The average molecular weight is 309 g/mol. The van der Waals surface area contributed by atoms with Crippen molar-refractivity contribution in [3.63, 3.8) is 0 Å². The fourth-order valence-corrected chi connectivity index (χ4v) is 4.12. The predicted molar refractivity (Wildman–Crippen MR) is 85.6 cm³/mol. The third-order valence-corrected chi connectivity index (χ3v) is 5.49. The van der Waals surface area contributed by atoms with Crippen LogP contribution in [0, 0.1) is 0 Å². The maximum Gasteiger partial charge on any atom is 0.266 e. The van der Waals surface area contributed by atoms with Crippen molar-refractivity contribution < 1.29 is 4.79 Å². The minimum atomic E-state index is 0.0340. The molecule has 0 spiro atoms. The van der Waals surface area contributed by atoms with Gasteiger partial charge in [0.1, 0.15) is 4.88 Å². The van der Waals surface area contributed by atoms with Gasteiger partial charge in [-0.3, -0.25) is 4.79 Å². The van der Waals surface area contributed by atoms with Crippen molar-refractivity contribution >= 4 is 44.6 Å². The quantitative estimate of drug-likeness (QED) is 0.906. The van der Waals surface area contributed by atoms with Gasteiger partial charge in [-0.25, -0.2) is 0 Å². The molecule has 0 saturated heterocycles. The first-order valence-corrected chi connectivity index (χ1v) is 8.02. The molecule has 0 aliphatic heterocycles. The highest BCUT2D eigenvalue weighted by Crippen LogP contribution is 2.36. The van der Waals surface area contributed by atoms with Gasteiger partial charge in [0.2, 0.25) is 0 Å². The number of hydrogen-bond donors (Lipinski definition) is 1. The number of benzene rings is 1. The van der Waals surface area contributed by atoms with E-state index >= 15 is 0 Å². The number of thiophene rings is 1. The Balaban J connectivity index is 1.96. The second-order valence-electron chi connectivity index (χ2n) is 5.34. The van der Waals surface area contributed by atoms with E-state index in [9.17, 15) is 4.79 Å². The number of nitrogens with two attached hydrogens (primary N) is 1. The lowest BCUT2D eigenvalue weighted by Crippen LogP contribution is -2.35. The maximum atomic E-state index is 12.6. The Hall–Kier alpha value is -1.26. The van der Waals surface area contributed by atoms with E-state index in [-0.39, 0.29) is 5.91 Å². The maximum absolute atomic E-state index is 12.6. The first-order chi connectivity index (χ1) is 9.58. The van der Waals surface area contributed by atoms with E-state index in [2.05, 4.69) is 0 Å². The molecule has 106 valence electrons. The Bertz CT molecular complexity index is 661. The van der Waals surface area contributed by atoms with Crippen LogP contribution in [-0.2, 0) is 0 Å². The molecule has 1 aromatic carbocycles. The van der Waals surface area contributed by atoms with E-state index in [1.54, 1.807) is 0 Å². The molecule has 1 amide bonds. The number of anilines is 1. The van der Waals surface area contributed by atoms with E-state index in [1.165, 1.54) is 24.2 Å². The standard InChI is InChI=1S/C15H17ClN2OS/c1-18(10-4-2-3-5-10)15(19)14-13(17)11-8-9(16)6-7-12(11)20-14/h6-8,10H,2-5,17H2,1H3. The highest BCUT2D eigenvalue weighted by atomic mass is 35.5. The van der Waals surface area contributed by atoms with Crippen molar-refractivity contribution in [3.8, 4) is 0 Å². The molecule has 2 N–H and O–H groups in total. The van der Waals surface area contributed by atoms with Crippen LogP contribution in [-0.4, -0.2) is 23.9 Å². The molecule has 0 radical (unpaired) electrons. The molecular formula is C15H17ClN2OS. The Kier molecular flexibility index (Phi) is 3.61. The molecule has 1 aromatic heterocycles. The van der Waals surface area contributed by atoms with Crippen LogP contribution in [0.4, 0.5) is 5.69 Å². The molecule has 5 heteroatoms. The molecule has 3 nitrogen and oxygen atoms in total. The normalized spacial score (nSPS) is 15.9. The summed E-state index contributed by atoms with van der Waals surface area (Å²) in [5, 5.41) is 1.52. The van der Waals surface area contributed by atoms with Crippen LogP contribution in [0.1, 0.15) is 35.4 Å². The predicted octanol–water partition coefficient (Wildman–Crippen LogP) is 4.15. The summed E-state index contributed by atoms with van der Waals surface area (Å²) in [7, 11) is 1.88. The third kappa shape index (κ3) is 2.27. The van der Waals surface area contributed by atoms with Gasteiger partial charge in [0.25, 0.3) is 5.91 Å². The Labute approximate surface area is 127 Å². The van der Waals surface area contributed by atoms with Gasteiger partial charge in [-0.2, -0.15) is 0 Å². The van der Waals surface area contributed by atoms with E-state index < -0.39 is 0 Å². The zero-order valence-corrected chi connectivity index (χ0v) is 12.9. The topological polar surface area (TPSA) is 46.3 Å². The van der Waals surface area contributed by atoms with Crippen molar-refractivity contribution in [2.45, 2.75) is 31.7 Å². The van der Waals surface area contributed by atoms with Crippen molar-refractivity contribution in [3.05, 3.63) is 28.1 Å². The van der Waals surface area contributed by atoms with Gasteiger partial charge < -0.3 is 10.6 Å². The highest BCUT2D eigenvalue weighted by molar-refractivity contribution is 7.21. The van der Waals surface area contributed by atoms with Gasteiger partial charge in [-0.05, 0) is 31.0 Å². The Morgan fingerprint density at radius 2 is 2.10 bits per heavy atom. The molecule has 1 saturated carbocycles. The number of hydrogen-bond acceptors (Lipinski definition) is 3. The smallest absolute Gasteiger partial charge is 0.266 e. The molecule has 1 aliphatic carbocycles. The largest absolute Gasteiger partial charge is 0.397 e. The van der Waals surface area contributed by atoms with Crippen molar-refractivity contribution in [2.75, 3.05) is 12.8 Å². The molecule has 0 bridgehead atoms. The van der Waals surface area contributed by atoms with Crippen LogP contribution in [0.5, 0.6) is 0 Å². The number of carbonyl (C=O) groups excluding carboxylic acids is 1. The van der Waals surface area contributed by atoms with Crippen LogP contribution in [0.2, 0.25) is 5.02 Å². The number of rotatable bonds is 2. The molecule has 1 heterocycles. The van der Waals surface area contributed by atoms with Crippen LogP contribution < -0.4 is 5.73 Å². The summed E-state index contributed by atoms with van der Waals surface area (Å²) in [4.78, 5) is 15.1. The lowest BCUT2D eigenvalue weighted by Gasteiger charge is -2.23.